The number of thiazole rings is 1. The van der Waals surface area contributed by atoms with E-state index in [9.17, 15) is 10.1 Å². The molecule has 0 amide bonds. The zero-order valence-electron chi connectivity index (χ0n) is 13.1. The van der Waals surface area contributed by atoms with Crippen LogP contribution in [0.3, 0.4) is 0 Å². The van der Waals surface area contributed by atoms with E-state index in [1.165, 1.54) is 11.3 Å². The van der Waals surface area contributed by atoms with Crippen LogP contribution in [-0.2, 0) is 0 Å². The van der Waals surface area contributed by atoms with Gasteiger partial charge in [0.25, 0.3) is 10.6 Å². The number of nitrogens with two attached hydrogens (primary N) is 1. The first-order valence-corrected chi connectivity index (χ1v) is 8.50. The topological polar surface area (TPSA) is 118 Å². The van der Waals surface area contributed by atoms with Gasteiger partial charge in [0.15, 0.2) is 11.5 Å². The maximum atomic E-state index is 12.8. The number of aromatic amines is 1. The van der Waals surface area contributed by atoms with Crippen molar-refractivity contribution < 1.29 is 13.9 Å². The molecule has 5 rings (SSSR count). The van der Waals surface area contributed by atoms with Crippen molar-refractivity contribution in [3.8, 4) is 28.7 Å². The van der Waals surface area contributed by atoms with Crippen molar-refractivity contribution in [3.05, 3.63) is 45.7 Å². The van der Waals surface area contributed by atoms with E-state index >= 15 is 0 Å². The number of nitrogens with zero attached hydrogens (tertiary/aromatic N) is 3. The molecule has 1 aliphatic heterocycles. The number of H-pyrrole nitrogens is 1. The highest BCUT2D eigenvalue weighted by molar-refractivity contribution is 7.14. The molecule has 0 bridgehead atoms. The van der Waals surface area contributed by atoms with Gasteiger partial charge in [0.2, 0.25) is 12.6 Å². The van der Waals surface area contributed by atoms with Gasteiger partial charge in [0, 0.05) is 10.9 Å². The number of pyridine rings is 1. The SMILES string of the molecule is N#Cc1c(N)nc2c(c1-c1ccc3c(c1)OCO3)c(=O)[nH]c1scc[n+]12. The molecule has 0 saturated carbocycles. The molecule has 0 radical (unpaired) electrons. The summed E-state index contributed by atoms with van der Waals surface area (Å²) in [5, 5.41) is 11.8. The number of anilines is 1. The van der Waals surface area contributed by atoms with Crippen LogP contribution in [0.25, 0.3) is 27.1 Å². The Balaban J connectivity index is 1.97. The highest BCUT2D eigenvalue weighted by Gasteiger charge is 2.26. The van der Waals surface area contributed by atoms with Crippen molar-refractivity contribution in [2.24, 2.45) is 0 Å². The van der Waals surface area contributed by atoms with Crippen LogP contribution < -0.4 is 25.2 Å². The number of ether oxygens (including phenoxy) is 2. The minimum atomic E-state index is -0.334. The van der Waals surface area contributed by atoms with Gasteiger partial charge in [-0.05, 0) is 17.7 Å². The molecule has 0 spiro atoms. The number of hydrogen-bond acceptors (Lipinski definition) is 7. The van der Waals surface area contributed by atoms with Gasteiger partial charge >= 0.3 is 5.56 Å². The number of hydrogen-bond donors (Lipinski definition) is 2. The van der Waals surface area contributed by atoms with Crippen LogP contribution in [0.4, 0.5) is 5.82 Å². The first-order chi connectivity index (χ1) is 12.7. The Morgan fingerprint density at radius 1 is 1.35 bits per heavy atom. The largest absolute Gasteiger partial charge is 0.454 e. The molecule has 0 unspecified atom stereocenters. The second-order valence-corrected chi connectivity index (χ2v) is 6.55. The maximum absolute atomic E-state index is 12.8. The second-order valence-electron chi connectivity index (χ2n) is 5.66. The van der Waals surface area contributed by atoms with E-state index < -0.39 is 0 Å². The van der Waals surface area contributed by atoms with Crippen molar-refractivity contribution in [2.45, 2.75) is 0 Å². The summed E-state index contributed by atoms with van der Waals surface area (Å²) in [5.41, 5.74) is 7.32. The number of fused-ring (bicyclic) bond motifs is 4. The molecule has 1 aromatic carbocycles. The lowest BCUT2D eigenvalue weighted by molar-refractivity contribution is -0.482. The lowest BCUT2D eigenvalue weighted by Crippen LogP contribution is -2.28. The molecule has 3 aromatic heterocycles. The van der Waals surface area contributed by atoms with E-state index in [1.54, 1.807) is 28.8 Å². The molecule has 4 aromatic rings. The molecule has 0 aliphatic carbocycles. The predicted molar refractivity (Wildman–Crippen MR) is 94.1 cm³/mol. The van der Waals surface area contributed by atoms with Crippen molar-refractivity contribution in [1.82, 2.24) is 9.97 Å². The summed E-state index contributed by atoms with van der Waals surface area (Å²) in [6.45, 7) is 0.134. The van der Waals surface area contributed by atoms with Crippen LogP contribution >= 0.6 is 11.3 Å². The maximum Gasteiger partial charge on any atom is 0.319 e. The van der Waals surface area contributed by atoms with Crippen LogP contribution in [0, 0.1) is 11.3 Å². The van der Waals surface area contributed by atoms with Gasteiger partial charge in [-0.15, -0.1) is 0 Å². The summed E-state index contributed by atoms with van der Waals surface area (Å²) in [5.74, 6) is 1.23. The summed E-state index contributed by atoms with van der Waals surface area (Å²) in [6, 6.07) is 7.32. The average Bonchev–Trinajstić information content (AvgIpc) is 3.28. The summed E-state index contributed by atoms with van der Waals surface area (Å²) < 4.78 is 12.5. The molecule has 4 heterocycles. The number of rotatable bonds is 1. The normalized spacial score (nSPS) is 12.6. The standard InChI is InChI=1S/C17H9N5O3S/c18-6-9-12(8-1-2-10-11(5-8)25-7-24-10)13-15(20-14(9)19)22-3-4-26-17(22)21-16(13)23/h1-5H,7H2,(H2,19,20,23)/p+1. The Morgan fingerprint density at radius 2 is 2.19 bits per heavy atom. The van der Waals surface area contributed by atoms with E-state index in [-0.39, 0.29) is 23.7 Å². The van der Waals surface area contributed by atoms with E-state index in [0.29, 0.717) is 38.6 Å². The number of nitrogens with one attached hydrogen (secondary N) is 1. The molecule has 126 valence electrons. The van der Waals surface area contributed by atoms with Crippen LogP contribution in [0.2, 0.25) is 0 Å². The molecule has 26 heavy (non-hydrogen) atoms. The van der Waals surface area contributed by atoms with E-state index in [0.717, 1.165) is 0 Å². The Labute approximate surface area is 149 Å². The summed E-state index contributed by atoms with van der Waals surface area (Å²) >= 11 is 1.38. The molecule has 3 N–H and O–H groups in total. The van der Waals surface area contributed by atoms with Crippen molar-refractivity contribution in [1.29, 1.82) is 5.26 Å². The molecule has 0 atom stereocenters. The Hall–Kier alpha value is -3.64. The third-order valence-electron chi connectivity index (χ3n) is 4.26. The Bertz CT molecular complexity index is 1320. The van der Waals surface area contributed by atoms with Crippen LogP contribution in [0.1, 0.15) is 5.56 Å². The monoisotopic (exact) mass is 364 g/mol. The van der Waals surface area contributed by atoms with Crippen molar-refractivity contribution in [3.63, 3.8) is 0 Å². The van der Waals surface area contributed by atoms with Gasteiger partial charge in [-0.2, -0.15) is 9.66 Å². The smallest absolute Gasteiger partial charge is 0.319 e. The first-order valence-electron chi connectivity index (χ1n) is 7.62. The van der Waals surface area contributed by atoms with Gasteiger partial charge < -0.3 is 15.2 Å². The van der Waals surface area contributed by atoms with Crippen LogP contribution in [0.15, 0.2) is 34.6 Å². The van der Waals surface area contributed by atoms with E-state index in [2.05, 4.69) is 16.0 Å². The van der Waals surface area contributed by atoms with Gasteiger partial charge in [-0.1, -0.05) is 22.4 Å². The van der Waals surface area contributed by atoms with Crippen LogP contribution in [0.5, 0.6) is 11.5 Å². The average molecular weight is 364 g/mol. The fourth-order valence-electron chi connectivity index (χ4n) is 3.13. The predicted octanol–water partition coefficient (Wildman–Crippen LogP) is 1.57. The van der Waals surface area contributed by atoms with E-state index in [4.69, 9.17) is 15.2 Å². The fraction of sp³-hybridized carbons (Fsp3) is 0.0588. The van der Waals surface area contributed by atoms with Crippen LogP contribution in [-0.4, -0.2) is 16.8 Å². The van der Waals surface area contributed by atoms with Gasteiger partial charge in [-0.25, -0.2) is 4.98 Å². The number of benzene rings is 1. The minimum Gasteiger partial charge on any atom is -0.454 e. The second kappa shape index (κ2) is 5.18. The van der Waals surface area contributed by atoms with Gasteiger partial charge in [0.1, 0.15) is 17.0 Å². The lowest BCUT2D eigenvalue weighted by atomic mass is 9.97. The molecular formula is C17H10N5O3S+. The molecule has 8 nitrogen and oxygen atoms in total. The molecule has 0 saturated heterocycles. The highest BCUT2D eigenvalue weighted by atomic mass is 32.1. The van der Waals surface area contributed by atoms with Crippen molar-refractivity contribution in [2.75, 3.05) is 12.5 Å². The third kappa shape index (κ3) is 1.90. The molecule has 9 heteroatoms. The summed E-state index contributed by atoms with van der Waals surface area (Å²) in [6.07, 6.45) is 1.79. The first kappa shape index (κ1) is 14.7. The van der Waals surface area contributed by atoms with Crippen molar-refractivity contribution >= 4 is 33.1 Å². The number of aromatic nitrogens is 3. The minimum absolute atomic E-state index is 0.0678. The van der Waals surface area contributed by atoms with Gasteiger partial charge in [0.05, 0.1) is 6.20 Å². The molecule has 0 fully saturated rings. The zero-order chi connectivity index (χ0) is 17.8. The molecule has 1 aliphatic rings. The number of nitrogen functional groups attached to an aromatic ring is 1. The molecular weight excluding hydrogens is 354 g/mol. The quantitative estimate of drug-likeness (QED) is 0.495. The fourth-order valence-corrected chi connectivity index (χ4v) is 3.85. The summed E-state index contributed by atoms with van der Waals surface area (Å²) in [4.78, 5) is 20.6. The lowest BCUT2D eigenvalue weighted by Gasteiger charge is -2.08. The van der Waals surface area contributed by atoms with Gasteiger partial charge in [-0.3, -0.25) is 4.79 Å². The Morgan fingerprint density at radius 3 is 3.04 bits per heavy atom. The zero-order valence-corrected chi connectivity index (χ0v) is 14.0. The number of nitriles is 1. The van der Waals surface area contributed by atoms with E-state index in [1.807, 2.05) is 5.38 Å². The highest BCUT2D eigenvalue weighted by Crippen LogP contribution is 2.39. The summed E-state index contributed by atoms with van der Waals surface area (Å²) in [7, 11) is 0. The third-order valence-corrected chi connectivity index (χ3v) is 5.04. The Kier molecular flexibility index (Phi) is 2.92.